The van der Waals surface area contributed by atoms with E-state index in [-0.39, 0.29) is 11.8 Å². The number of hydrogen-bond donors (Lipinski definition) is 2. The monoisotopic (exact) mass is 288 g/mol. The van der Waals surface area contributed by atoms with Gasteiger partial charge in [0, 0.05) is 12.1 Å². The largest absolute Gasteiger partial charge is 0.314 e. The van der Waals surface area contributed by atoms with E-state index >= 15 is 0 Å². The molecule has 0 saturated heterocycles. The topological polar surface area (TPSA) is 58.2 Å². The zero-order chi connectivity index (χ0) is 13.7. The zero-order valence-electron chi connectivity index (χ0n) is 12.0. The summed E-state index contributed by atoms with van der Waals surface area (Å²) in [5, 5.41) is 3.35. The second kappa shape index (κ2) is 7.04. The molecule has 0 atom stereocenters. The van der Waals surface area contributed by atoms with E-state index in [1.54, 1.807) is 0 Å². The highest BCUT2D eigenvalue weighted by Crippen LogP contribution is 2.26. The van der Waals surface area contributed by atoms with E-state index in [2.05, 4.69) is 17.0 Å². The Morgan fingerprint density at radius 3 is 2.21 bits per heavy atom. The van der Waals surface area contributed by atoms with Gasteiger partial charge in [0.2, 0.25) is 10.0 Å². The molecule has 5 heteroatoms. The van der Waals surface area contributed by atoms with Gasteiger partial charge < -0.3 is 5.32 Å². The lowest BCUT2D eigenvalue weighted by atomic mass is 9.85. The second-order valence-electron chi connectivity index (χ2n) is 6.14. The third kappa shape index (κ3) is 5.79. The van der Waals surface area contributed by atoms with Crippen LogP contribution in [0.15, 0.2) is 0 Å². The van der Waals surface area contributed by atoms with Gasteiger partial charge in [-0.1, -0.05) is 13.3 Å². The Labute approximate surface area is 117 Å². The number of sulfonamides is 1. The lowest BCUT2D eigenvalue weighted by molar-refractivity contribution is 0.306. The summed E-state index contributed by atoms with van der Waals surface area (Å²) in [6, 6.07) is 0.851. The minimum atomic E-state index is -3.07. The first-order chi connectivity index (χ1) is 9.09. The summed E-state index contributed by atoms with van der Waals surface area (Å²) < 4.78 is 26.8. The fourth-order valence-electron chi connectivity index (χ4n) is 2.86. The van der Waals surface area contributed by atoms with Crippen LogP contribution in [-0.4, -0.2) is 32.8 Å². The average Bonchev–Trinajstić information content (AvgIpc) is 3.19. The van der Waals surface area contributed by atoms with E-state index in [1.165, 1.54) is 32.1 Å². The molecule has 2 fully saturated rings. The van der Waals surface area contributed by atoms with Gasteiger partial charge in [0.05, 0.1) is 5.75 Å². The average molecular weight is 288 g/mol. The quantitative estimate of drug-likeness (QED) is 0.672. The molecule has 2 aliphatic rings. The van der Waals surface area contributed by atoms with Crippen LogP contribution in [0.2, 0.25) is 0 Å². The SMILES string of the molecule is CCC1CCC(NS(=O)(=O)CCCNC2CC2)CC1. The molecule has 0 unspecified atom stereocenters. The minimum Gasteiger partial charge on any atom is -0.314 e. The molecule has 0 heterocycles. The van der Waals surface area contributed by atoms with E-state index in [9.17, 15) is 8.42 Å². The summed E-state index contributed by atoms with van der Waals surface area (Å²) in [4.78, 5) is 0. The Hall–Kier alpha value is -0.130. The van der Waals surface area contributed by atoms with Crippen molar-refractivity contribution in [2.24, 2.45) is 5.92 Å². The number of rotatable bonds is 8. The lowest BCUT2D eigenvalue weighted by Gasteiger charge is -2.28. The standard InChI is InChI=1S/C14H28N2O2S/c1-2-12-4-6-14(7-5-12)16-19(17,18)11-3-10-15-13-8-9-13/h12-16H,2-11H2,1H3. The Bertz CT molecular complexity index is 358. The highest BCUT2D eigenvalue weighted by Gasteiger charge is 2.24. The summed E-state index contributed by atoms with van der Waals surface area (Å²) >= 11 is 0. The van der Waals surface area contributed by atoms with Gasteiger partial charge in [0.15, 0.2) is 0 Å². The molecule has 4 nitrogen and oxygen atoms in total. The van der Waals surface area contributed by atoms with Gasteiger partial charge in [-0.15, -0.1) is 0 Å². The molecular weight excluding hydrogens is 260 g/mol. The molecule has 2 saturated carbocycles. The van der Waals surface area contributed by atoms with Crippen molar-refractivity contribution in [1.82, 2.24) is 10.0 Å². The van der Waals surface area contributed by atoms with Crippen LogP contribution < -0.4 is 10.0 Å². The van der Waals surface area contributed by atoms with Crippen LogP contribution in [0.1, 0.15) is 58.3 Å². The fourth-order valence-corrected chi connectivity index (χ4v) is 4.24. The molecule has 0 aliphatic heterocycles. The lowest BCUT2D eigenvalue weighted by Crippen LogP contribution is -2.39. The van der Waals surface area contributed by atoms with Gasteiger partial charge in [-0.3, -0.25) is 0 Å². The molecule has 0 bridgehead atoms. The molecule has 112 valence electrons. The van der Waals surface area contributed by atoms with Crippen molar-refractivity contribution in [1.29, 1.82) is 0 Å². The predicted octanol–water partition coefficient (Wildman–Crippen LogP) is 2.02. The summed E-state index contributed by atoms with van der Waals surface area (Å²) in [6.07, 6.45) is 8.83. The van der Waals surface area contributed by atoms with E-state index < -0.39 is 10.0 Å². The predicted molar refractivity (Wildman–Crippen MR) is 78.6 cm³/mol. The summed E-state index contributed by atoms with van der Waals surface area (Å²) in [6.45, 7) is 3.05. The Morgan fingerprint density at radius 2 is 1.63 bits per heavy atom. The van der Waals surface area contributed by atoms with Gasteiger partial charge in [0.1, 0.15) is 0 Å². The Balaban J connectivity index is 1.62. The van der Waals surface area contributed by atoms with Crippen LogP contribution >= 0.6 is 0 Å². The van der Waals surface area contributed by atoms with Crippen LogP contribution in [0.4, 0.5) is 0 Å². The van der Waals surface area contributed by atoms with E-state index in [1.807, 2.05) is 0 Å². The molecule has 0 spiro atoms. The first-order valence-electron chi connectivity index (χ1n) is 7.82. The molecule has 2 N–H and O–H groups in total. The molecule has 0 aromatic heterocycles. The summed E-state index contributed by atoms with van der Waals surface area (Å²) in [5.41, 5.74) is 0. The minimum absolute atomic E-state index is 0.184. The van der Waals surface area contributed by atoms with Crippen LogP contribution in [0.3, 0.4) is 0 Å². The Kier molecular flexibility index (Phi) is 5.66. The second-order valence-corrected chi connectivity index (χ2v) is 8.02. The van der Waals surface area contributed by atoms with Gasteiger partial charge >= 0.3 is 0 Å². The maximum absolute atomic E-state index is 12.0. The maximum Gasteiger partial charge on any atom is 0.211 e. The number of nitrogens with one attached hydrogen (secondary N) is 2. The maximum atomic E-state index is 12.0. The first-order valence-corrected chi connectivity index (χ1v) is 9.47. The van der Waals surface area contributed by atoms with Crippen LogP contribution in [-0.2, 0) is 10.0 Å². The molecule has 0 aromatic carbocycles. The Morgan fingerprint density at radius 1 is 1.00 bits per heavy atom. The van der Waals surface area contributed by atoms with Crippen molar-refractivity contribution in [2.45, 2.75) is 70.4 Å². The number of hydrogen-bond acceptors (Lipinski definition) is 3. The molecule has 0 aromatic rings. The normalized spacial score (nSPS) is 28.5. The van der Waals surface area contributed by atoms with E-state index in [4.69, 9.17) is 0 Å². The molecular formula is C14H28N2O2S. The van der Waals surface area contributed by atoms with Crippen LogP contribution in [0.25, 0.3) is 0 Å². The molecule has 0 radical (unpaired) electrons. The summed E-state index contributed by atoms with van der Waals surface area (Å²) in [5.74, 6) is 1.07. The van der Waals surface area contributed by atoms with Crippen molar-refractivity contribution in [3.8, 4) is 0 Å². The fraction of sp³-hybridized carbons (Fsp3) is 1.00. The molecule has 2 aliphatic carbocycles. The van der Waals surface area contributed by atoms with Crippen LogP contribution in [0, 0.1) is 5.92 Å². The van der Waals surface area contributed by atoms with E-state index in [0.717, 1.165) is 31.7 Å². The third-order valence-corrected chi connectivity index (χ3v) is 5.89. The van der Waals surface area contributed by atoms with Crippen molar-refractivity contribution in [3.05, 3.63) is 0 Å². The van der Waals surface area contributed by atoms with Gasteiger partial charge in [-0.2, -0.15) is 0 Å². The molecule has 2 rings (SSSR count). The first kappa shape index (κ1) is 15.3. The molecule has 19 heavy (non-hydrogen) atoms. The van der Waals surface area contributed by atoms with E-state index in [0.29, 0.717) is 6.04 Å². The highest BCUT2D eigenvalue weighted by atomic mass is 32.2. The van der Waals surface area contributed by atoms with Gasteiger partial charge in [0.25, 0.3) is 0 Å². The van der Waals surface area contributed by atoms with Crippen LogP contribution in [0.5, 0.6) is 0 Å². The third-order valence-electron chi connectivity index (χ3n) is 4.37. The smallest absolute Gasteiger partial charge is 0.211 e. The zero-order valence-corrected chi connectivity index (χ0v) is 12.8. The van der Waals surface area contributed by atoms with Crippen molar-refractivity contribution in [2.75, 3.05) is 12.3 Å². The van der Waals surface area contributed by atoms with Gasteiger partial charge in [-0.25, -0.2) is 13.1 Å². The van der Waals surface area contributed by atoms with Crippen molar-refractivity contribution in [3.63, 3.8) is 0 Å². The highest BCUT2D eigenvalue weighted by molar-refractivity contribution is 7.89. The summed E-state index contributed by atoms with van der Waals surface area (Å²) in [7, 11) is -3.07. The molecule has 0 amide bonds. The van der Waals surface area contributed by atoms with Gasteiger partial charge in [-0.05, 0) is 57.4 Å². The van der Waals surface area contributed by atoms with Crippen molar-refractivity contribution < 1.29 is 8.42 Å². The van der Waals surface area contributed by atoms with Crippen molar-refractivity contribution >= 4 is 10.0 Å².